The minimum Gasteiger partial charge on any atom is -0.465 e. The maximum Gasteiger partial charge on any atom is 0.340 e. The fourth-order valence-electron chi connectivity index (χ4n) is 4.42. The van der Waals surface area contributed by atoms with Crippen LogP contribution in [-0.4, -0.2) is 50.1 Å². The molecule has 2 N–H and O–H groups in total. The number of carbonyl (C=O) groups excluding carboxylic acids is 2. The molecule has 3 aliphatic rings. The standard InChI is InChI=1S/C22H28N2O5S/c1-22(2)9-14(25)17-15(10-22)29-20(23)19(21(26)27-3)18(17)16-8-13(12-30-16)11-24-4-6-28-7-5-24/h8,12,18H,4-7,9-11,23H2,1-3H3/t18-/m1/s1. The Hall–Kier alpha value is -2.16. The molecule has 3 heterocycles. The van der Waals surface area contributed by atoms with E-state index in [1.54, 1.807) is 0 Å². The third-order valence-electron chi connectivity index (χ3n) is 5.83. The van der Waals surface area contributed by atoms with Crippen LogP contribution < -0.4 is 5.73 Å². The highest BCUT2D eigenvalue weighted by molar-refractivity contribution is 7.10. The van der Waals surface area contributed by atoms with Crippen molar-refractivity contribution in [3.05, 3.63) is 44.7 Å². The summed E-state index contributed by atoms with van der Waals surface area (Å²) < 4.78 is 16.2. The molecule has 0 aromatic carbocycles. The first-order valence-corrected chi connectivity index (χ1v) is 11.1. The number of hydrogen-bond acceptors (Lipinski definition) is 8. The summed E-state index contributed by atoms with van der Waals surface area (Å²) in [5, 5.41) is 2.09. The second kappa shape index (κ2) is 8.17. The SMILES string of the molecule is COC(=O)C1=C(N)OC2=C(C(=O)CC(C)(C)C2)[C@H]1c1cc(CN2CCOCC2)cs1. The normalized spacial score (nSPS) is 24.5. The summed E-state index contributed by atoms with van der Waals surface area (Å²) in [7, 11) is 1.31. The molecular formula is C22H28N2O5S. The van der Waals surface area contributed by atoms with E-state index in [9.17, 15) is 9.59 Å². The number of allylic oxidation sites excluding steroid dienone is 2. The highest BCUT2D eigenvalue weighted by Gasteiger charge is 2.45. The number of nitrogens with zero attached hydrogens (tertiary/aromatic N) is 1. The van der Waals surface area contributed by atoms with E-state index in [1.165, 1.54) is 18.4 Å². The zero-order valence-corrected chi connectivity index (χ0v) is 18.5. The third-order valence-corrected chi connectivity index (χ3v) is 6.88. The lowest BCUT2D eigenvalue weighted by molar-refractivity contribution is -0.136. The van der Waals surface area contributed by atoms with E-state index in [-0.39, 0.29) is 22.7 Å². The van der Waals surface area contributed by atoms with E-state index in [0.29, 0.717) is 24.2 Å². The fraction of sp³-hybridized carbons (Fsp3) is 0.545. The quantitative estimate of drug-likeness (QED) is 0.732. The predicted octanol–water partition coefficient (Wildman–Crippen LogP) is 2.68. The number of morpholine rings is 1. The molecule has 30 heavy (non-hydrogen) atoms. The zero-order chi connectivity index (χ0) is 21.5. The molecule has 162 valence electrons. The van der Waals surface area contributed by atoms with E-state index < -0.39 is 11.9 Å². The van der Waals surface area contributed by atoms with E-state index in [4.69, 9.17) is 19.9 Å². The maximum absolute atomic E-state index is 13.1. The van der Waals surface area contributed by atoms with Gasteiger partial charge in [0.25, 0.3) is 0 Å². The third kappa shape index (κ3) is 4.04. The number of methoxy groups -OCH3 is 1. The van der Waals surface area contributed by atoms with Gasteiger partial charge in [-0.2, -0.15) is 0 Å². The van der Waals surface area contributed by atoms with Crippen molar-refractivity contribution in [3.63, 3.8) is 0 Å². The molecule has 1 fully saturated rings. The number of hydrogen-bond donors (Lipinski definition) is 1. The number of esters is 1. The Morgan fingerprint density at radius 2 is 2.07 bits per heavy atom. The van der Waals surface area contributed by atoms with Crippen LogP contribution in [0.3, 0.4) is 0 Å². The molecule has 0 spiro atoms. The topological polar surface area (TPSA) is 91.1 Å². The monoisotopic (exact) mass is 432 g/mol. The van der Waals surface area contributed by atoms with Gasteiger partial charge in [-0.05, 0) is 22.4 Å². The molecule has 1 saturated heterocycles. The lowest BCUT2D eigenvalue weighted by Crippen LogP contribution is -2.35. The first-order chi connectivity index (χ1) is 14.3. The first-order valence-electron chi connectivity index (χ1n) is 10.2. The molecule has 0 bridgehead atoms. The summed E-state index contributed by atoms with van der Waals surface area (Å²) in [4.78, 5) is 29.0. The summed E-state index contributed by atoms with van der Waals surface area (Å²) in [6.45, 7) is 8.15. The highest BCUT2D eigenvalue weighted by atomic mass is 32.1. The number of carbonyl (C=O) groups is 2. The molecule has 0 unspecified atom stereocenters. The van der Waals surface area contributed by atoms with Crippen molar-refractivity contribution in [2.75, 3.05) is 33.4 Å². The molecule has 4 rings (SSSR count). The Labute approximate surface area is 180 Å². The van der Waals surface area contributed by atoms with Crippen molar-refractivity contribution in [2.24, 2.45) is 11.1 Å². The van der Waals surface area contributed by atoms with Crippen LogP contribution in [0.2, 0.25) is 0 Å². The Morgan fingerprint density at radius 3 is 2.77 bits per heavy atom. The molecule has 0 amide bonds. The second-order valence-electron chi connectivity index (χ2n) is 8.83. The summed E-state index contributed by atoms with van der Waals surface area (Å²) in [5.41, 5.74) is 7.87. The first kappa shape index (κ1) is 21.1. The van der Waals surface area contributed by atoms with Gasteiger partial charge < -0.3 is 19.9 Å². The number of ketones is 1. The molecule has 1 aromatic rings. The molecule has 1 aliphatic carbocycles. The smallest absolute Gasteiger partial charge is 0.340 e. The Kier molecular flexibility index (Phi) is 5.74. The average Bonchev–Trinajstić information content (AvgIpc) is 3.14. The van der Waals surface area contributed by atoms with Gasteiger partial charge in [-0.1, -0.05) is 13.8 Å². The van der Waals surface area contributed by atoms with Gasteiger partial charge in [0.1, 0.15) is 11.3 Å². The van der Waals surface area contributed by atoms with Crippen molar-refractivity contribution in [1.29, 1.82) is 0 Å². The largest absolute Gasteiger partial charge is 0.465 e. The van der Waals surface area contributed by atoms with Crippen molar-refractivity contribution < 1.29 is 23.8 Å². The Bertz CT molecular complexity index is 924. The molecule has 2 aliphatic heterocycles. The highest BCUT2D eigenvalue weighted by Crippen LogP contribution is 2.49. The zero-order valence-electron chi connectivity index (χ0n) is 17.7. The van der Waals surface area contributed by atoms with Crippen LogP contribution in [0.5, 0.6) is 0 Å². The molecule has 8 heteroatoms. The van der Waals surface area contributed by atoms with Gasteiger partial charge in [-0.15, -0.1) is 11.3 Å². The van der Waals surface area contributed by atoms with E-state index in [0.717, 1.165) is 43.3 Å². The summed E-state index contributed by atoms with van der Waals surface area (Å²) >= 11 is 1.54. The number of Topliss-reactive ketones (excluding diaryl/α,β-unsaturated/α-hetero) is 1. The minimum absolute atomic E-state index is 0.00304. The average molecular weight is 433 g/mol. The molecule has 1 atom stereocenters. The number of rotatable bonds is 4. The van der Waals surface area contributed by atoms with Gasteiger partial charge in [-0.25, -0.2) is 4.79 Å². The van der Waals surface area contributed by atoms with Crippen LogP contribution in [0, 0.1) is 5.41 Å². The number of thiophene rings is 1. The van der Waals surface area contributed by atoms with Gasteiger partial charge in [-0.3, -0.25) is 9.69 Å². The van der Waals surface area contributed by atoms with Gasteiger partial charge in [0.2, 0.25) is 5.88 Å². The molecule has 0 saturated carbocycles. The Balaban J connectivity index is 1.71. The van der Waals surface area contributed by atoms with Gasteiger partial charge in [0, 0.05) is 42.9 Å². The predicted molar refractivity (Wildman–Crippen MR) is 113 cm³/mol. The van der Waals surface area contributed by atoms with E-state index >= 15 is 0 Å². The van der Waals surface area contributed by atoms with Crippen LogP contribution in [-0.2, 0) is 30.3 Å². The van der Waals surface area contributed by atoms with Crippen molar-refractivity contribution in [1.82, 2.24) is 4.90 Å². The van der Waals surface area contributed by atoms with Gasteiger partial charge in [0.15, 0.2) is 5.78 Å². The summed E-state index contributed by atoms with van der Waals surface area (Å²) in [6.07, 6.45) is 1.01. The number of nitrogens with two attached hydrogens (primary N) is 1. The molecular weight excluding hydrogens is 404 g/mol. The summed E-state index contributed by atoms with van der Waals surface area (Å²) in [5.74, 6) is -0.505. The van der Waals surface area contributed by atoms with Crippen LogP contribution >= 0.6 is 11.3 Å². The van der Waals surface area contributed by atoms with Crippen LogP contribution in [0.15, 0.2) is 34.2 Å². The van der Waals surface area contributed by atoms with Gasteiger partial charge >= 0.3 is 5.97 Å². The molecule has 1 aromatic heterocycles. The van der Waals surface area contributed by atoms with Crippen LogP contribution in [0.4, 0.5) is 0 Å². The lowest BCUT2D eigenvalue weighted by Gasteiger charge is -2.37. The van der Waals surface area contributed by atoms with Crippen molar-refractivity contribution >= 4 is 23.1 Å². The van der Waals surface area contributed by atoms with Crippen LogP contribution in [0.1, 0.15) is 43.0 Å². The lowest BCUT2D eigenvalue weighted by atomic mass is 9.71. The minimum atomic E-state index is -0.565. The van der Waals surface area contributed by atoms with Crippen LogP contribution in [0.25, 0.3) is 0 Å². The van der Waals surface area contributed by atoms with Gasteiger partial charge in [0.05, 0.1) is 26.2 Å². The van der Waals surface area contributed by atoms with E-state index in [1.807, 2.05) is 13.8 Å². The molecule has 7 nitrogen and oxygen atoms in total. The molecule has 0 radical (unpaired) electrons. The Morgan fingerprint density at radius 1 is 1.33 bits per heavy atom. The summed E-state index contributed by atoms with van der Waals surface area (Å²) in [6, 6.07) is 2.07. The van der Waals surface area contributed by atoms with Crippen molar-refractivity contribution in [3.8, 4) is 0 Å². The maximum atomic E-state index is 13.1. The number of ether oxygens (including phenoxy) is 3. The fourth-order valence-corrected chi connectivity index (χ4v) is 5.45. The van der Waals surface area contributed by atoms with E-state index in [2.05, 4.69) is 16.3 Å². The van der Waals surface area contributed by atoms with Crippen molar-refractivity contribution in [2.45, 2.75) is 39.2 Å². The second-order valence-corrected chi connectivity index (χ2v) is 9.77.